The first-order valence-corrected chi connectivity index (χ1v) is 9.49. The van der Waals surface area contributed by atoms with E-state index in [9.17, 15) is 9.59 Å². The Morgan fingerprint density at radius 1 is 1.19 bits per heavy atom. The summed E-state index contributed by atoms with van der Waals surface area (Å²) in [5, 5.41) is 7.31. The second-order valence-corrected chi connectivity index (χ2v) is 7.07. The number of nitrogens with zero attached hydrogens (tertiary/aromatic N) is 3. The maximum atomic E-state index is 12.4. The Morgan fingerprint density at radius 2 is 2.00 bits per heavy atom. The highest BCUT2D eigenvalue weighted by atomic mass is 16.5. The van der Waals surface area contributed by atoms with Crippen molar-refractivity contribution in [3.05, 3.63) is 52.8 Å². The molecule has 0 radical (unpaired) electrons. The lowest BCUT2D eigenvalue weighted by Gasteiger charge is -2.33. The van der Waals surface area contributed by atoms with Crippen LogP contribution in [-0.4, -0.2) is 53.1 Å². The van der Waals surface area contributed by atoms with Crippen LogP contribution in [0.2, 0.25) is 0 Å². The smallest absolute Gasteiger partial charge is 0.317 e. The van der Waals surface area contributed by atoms with Gasteiger partial charge < -0.3 is 15.0 Å². The van der Waals surface area contributed by atoms with Crippen molar-refractivity contribution in [1.82, 2.24) is 20.0 Å². The normalized spacial score (nSPS) is 19.7. The minimum atomic E-state index is -0.177. The van der Waals surface area contributed by atoms with Gasteiger partial charge in [0.2, 0.25) is 0 Å². The van der Waals surface area contributed by atoms with Gasteiger partial charge in [-0.2, -0.15) is 5.10 Å². The third-order valence-electron chi connectivity index (χ3n) is 5.06. The van der Waals surface area contributed by atoms with Gasteiger partial charge in [0.25, 0.3) is 5.56 Å². The zero-order chi connectivity index (χ0) is 18.6. The molecule has 7 nitrogen and oxygen atoms in total. The molecule has 2 heterocycles. The van der Waals surface area contributed by atoms with Crippen molar-refractivity contribution in [1.29, 1.82) is 0 Å². The molecular weight excluding hydrogens is 344 g/mol. The molecule has 0 spiro atoms. The molecule has 7 heteroatoms. The van der Waals surface area contributed by atoms with Gasteiger partial charge in [-0.15, -0.1) is 0 Å². The van der Waals surface area contributed by atoms with Crippen LogP contribution in [-0.2, 0) is 11.3 Å². The molecule has 1 N–H and O–H groups in total. The van der Waals surface area contributed by atoms with Crippen LogP contribution in [0.15, 0.2) is 47.3 Å². The van der Waals surface area contributed by atoms with Crippen molar-refractivity contribution in [2.75, 3.05) is 26.2 Å². The number of hydrogen-bond acceptors (Lipinski definition) is 4. The van der Waals surface area contributed by atoms with E-state index in [0.29, 0.717) is 38.7 Å². The fourth-order valence-corrected chi connectivity index (χ4v) is 3.37. The highest BCUT2D eigenvalue weighted by molar-refractivity contribution is 5.74. The number of carbonyl (C=O) groups excluding carboxylic acids is 1. The van der Waals surface area contributed by atoms with E-state index in [1.54, 1.807) is 6.07 Å². The summed E-state index contributed by atoms with van der Waals surface area (Å²) in [5.41, 5.74) is 1.51. The molecule has 1 saturated carbocycles. The molecule has 1 aromatic heterocycles. The lowest BCUT2D eigenvalue weighted by molar-refractivity contribution is -0.0252. The van der Waals surface area contributed by atoms with E-state index in [-0.39, 0.29) is 17.7 Å². The summed E-state index contributed by atoms with van der Waals surface area (Å²) < 4.78 is 7.15. The van der Waals surface area contributed by atoms with Crippen molar-refractivity contribution >= 4 is 6.03 Å². The van der Waals surface area contributed by atoms with Crippen LogP contribution in [0.25, 0.3) is 11.3 Å². The molecule has 1 atom stereocenters. The summed E-state index contributed by atoms with van der Waals surface area (Å²) in [6, 6.07) is 12.8. The molecule has 1 aromatic carbocycles. The van der Waals surface area contributed by atoms with Crippen molar-refractivity contribution in [2.24, 2.45) is 5.92 Å². The van der Waals surface area contributed by atoms with Crippen LogP contribution >= 0.6 is 0 Å². The summed E-state index contributed by atoms with van der Waals surface area (Å²) in [7, 11) is 0. The van der Waals surface area contributed by atoms with Crippen LogP contribution in [0.3, 0.4) is 0 Å². The number of aromatic nitrogens is 2. The van der Waals surface area contributed by atoms with Gasteiger partial charge in [0.05, 0.1) is 24.9 Å². The molecule has 2 aromatic rings. The summed E-state index contributed by atoms with van der Waals surface area (Å²) in [5.74, 6) is 0.615. The van der Waals surface area contributed by atoms with Gasteiger partial charge >= 0.3 is 6.03 Å². The zero-order valence-corrected chi connectivity index (χ0v) is 15.2. The predicted molar refractivity (Wildman–Crippen MR) is 101 cm³/mol. The molecule has 0 bridgehead atoms. The molecule has 2 amide bonds. The molecule has 1 saturated heterocycles. The van der Waals surface area contributed by atoms with Gasteiger partial charge in [0.15, 0.2) is 0 Å². The average Bonchev–Trinajstić information content (AvgIpc) is 3.55. The summed E-state index contributed by atoms with van der Waals surface area (Å²) in [6.45, 7) is 2.54. The molecule has 2 fully saturated rings. The summed E-state index contributed by atoms with van der Waals surface area (Å²) in [4.78, 5) is 26.3. The minimum absolute atomic E-state index is 0.101. The number of hydrogen-bond donors (Lipinski definition) is 1. The van der Waals surface area contributed by atoms with E-state index >= 15 is 0 Å². The summed E-state index contributed by atoms with van der Waals surface area (Å²) in [6.07, 6.45) is 2.58. The van der Waals surface area contributed by atoms with Crippen molar-refractivity contribution in [2.45, 2.75) is 25.5 Å². The lowest BCUT2D eigenvalue weighted by atomic mass is 10.1. The molecule has 2 aliphatic rings. The molecule has 4 rings (SSSR count). The Kier molecular flexibility index (Phi) is 5.20. The molecular formula is C20H24N4O3. The second kappa shape index (κ2) is 7.92. The van der Waals surface area contributed by atoms with Gasteiger partial charge in [-0.3, -0.25) is 4.79 Å². The molecule has 0 unspecified atom stereocenters. The van der Waals surface area contributed by atoms with Gasteiger partial charge in [-0.05, 0) is 24.8 Å². The fourth-order valence-electron chi connectivity index (χ4n) is 3.37. The molecule has 1 aliphatic carbocycles. The van der Waals surface area contributed by atoms with E-state index in [1.165, 1.54) is 23.6 Å². The number of benzene rings is 1. The number of morpholine rings is 1. The van der Waals surface area contributed by atoms with E-state index in [4.69, 9.17) is 4.74 Å². The van der Waals surface area contributed by atoms with E-state index in [0.717, 1.165) is 11.3 Å². The first-order chi connectivity index (χ1) is 13.2. The van der Waals surface area contributed by atoms with Gasteiger partial charge in [0, 0.05) is 31.3 Å². The average molecular weight is 368 g/mol. The Labute approximate surface area is 157 Å². The van der Waals surface area contributed by atoms with Gasteiger partial charge in [0.1, 0.15) is 0 Å². The van der Waals surface area contributed by atoms with Crippen molar-refractivity contribution in [3.63, 3.8) is 0 Å². The highest BCUT2D eigenvalue weighted by Crippen LogP contribution is 2.35. The third kappa shape index (κ3) is 4.36. The third-order valence-corrected chi connectivity index (χ3v) is 5.06. The largest absolute Gasteiger partial charge is 0.374 e. The Morgan fingerprint density at radius 3 is 2.78 bits per heavy atom. The number of ether oxygens (including phenoxy) is 1. The van der Waals surface area contributed by atoms with E-state index in [2.05, 4.69) is 10.4 Å². The maximum absolute atomic E-state index is 12.4. The number of nitrogens with one attached hydrogen (secondary N) is 1. The van der Waals surface area contributed by atoms with Gasteiger partial charge in [-0.1, -0.05) is 30.3 Å². The zero-order valence-electron chi connectivity index (χ0n) is 15.2. The van der Waals surface area contributed by atoms with E-state index in [1.807, 2.05) is 35.2 Å². The van der Waals surface area contributed by atoms with Crippen LogP contribution < -0.4 is 10.9 Å². The Bertz CT molecular complexity index is 848. The predicted octanol–water partition coefficient (Wildman–Crippen LogP) is 1.73. The number of urea groups is 1. The summed E-state index contributed by atoms with van der Waals surface area (Å²) >= 11 is 0. The number of rotatable bonds is 5. The standard InChI is InChI=1S/C20H24N4O3/c25-19-9-8-17(15-4-2-1-3-5-15)22-24(19)11-10-21-20(26)23-12-13-27-18(14-23)16-6-7-16/h1-5,8-9,16,18H,6-7,10-14H2,(H,21,26)/t18-/m0/s1. The van der Waals surface area contributed by atoms with E-state index < -0.39 is 0 Å². The SMILES string of the molecule is O=C(NCCn1nc(-c2ccccc2)ccc1=O)N1CCO[C@H](C2CC2)C1. The topological polar surface area (TPSA) is 76.5 Å². The molecule has 1 aliphatic heterocycles. The number of amides is 2. The van der Waals surface area contributed by atoms with Crippen molar-refractivity contribution in [3.8, 4) is 11.3 Å². The lowest BCUT2D eigenvalue weighted by Crippen LogP contribution is -2.50. The second-order valence-electron chi connectivity index (χ2n) is 7.07. The van der Waals surface area contributed by atoms with Gasteiger partial charge in [-0.25, -0.2) is 9.48 Å². The van der Waals surface area contributed by atoms with Crippen molar-refractivity contribution < 1.29 is 9.53 Å². The molecule has 27 heavy (non-hydrogen) atoms. The highest BCUT2D eigenvalue weighted by Gasteiger charge is 2.36. The Hall–Kier alpha value is -2.67. The monoisotopic (exact) mass is 368 g/mol. The minimum Gasteiger partial charge on any atom is -0.374 e. The number of carbonyl (C=O) groups is 1. The van der Waals surface area contributed by atoms with Crippen LogP contribution in [0.1, 0.15) is 12.8 Å². The first-order valence-electron chi connectivity index (χ1n) is 9.49. The van der Waals surface area contributed by atoms with Crippen LogP contribution in [0.5, 0.6) is 0 Å². The van der Waals surface area contributed by atoms with Crippen LogP contribution in [0.4, 0.5) is 4.79 Å². The van der Waals surface area contributed by atoms with Crippen LogP contribution in [0, 0.1) is 5.92 Å². The molecule has 142 valence electrons. The first kappa shape index (κ1) is 17.7. The maximum Gasteiger partial charge on any atom is 0.317 e. The fraction of sp³-hybridized carbons (Fsp3) is 0.450. The Balaban J connectivity index is 1.33. The quantitative estimate of drug-likeness (QED) is 0.872.